The Balaban J connectivity index is 2.91. The summed E-state index contributed by atoms with van der Waals surface area (Å²) in [5.41, 5.74) is 6.06. The third-order valence-corrected chi connectivity index (χ3v) is 2.42. The van der Waals surface area contributed by atoms with E-state index in [1.165, 1.54) is 18.4 Å². The molecular formula is C7H7NO2S2. The van der Waals surface area contributed by atoms with Crippen molar-refractivity contribution in [3.05, 3.63) is 21.9 Å². The topological polar surface area (TPSA) is 52.3 Å². The van der Waals surface area contributed by atoms with Crippen LogP contribution in [0.15, 0.2) is 11.4 Å². The summed E-state index contributed by atoms with van der Waals surface area (Å²) in [4.78, 5) is 11.8. The number of esters is 1. The van der Waals surface area contributed by atoms with E-state index in [2.05, 4.69) is 4.74 Å². The zero-order valence-electron chi connectivity index (χ0n) is 6.37. The molecule has 0 aliphatic rings. The highest BCUT2D eigenvalue weighted by atomic mass is 32.1. The number of methoxy groups -OCH3 is 1. The van der Waals surface area contributed by atoms with Crippen molar-refractivity contribution in [3.8, 4) is 0 Å². The zero-order chi connectivity index (χ0) is 9.14. The van der Waals surface area contributed by atoms with Crippen molar-refractivity contribution >= 4 is 34.5 Å². The lowest BCUT2D eigenvalue weighted by atomic mass is 10.3. The van der Waals surface area contributed by atoms with E-state index in [1.807, 2.05) is 0 Å². The molecule has 0 spiro atoms. The Morgan fingerprint density at radius 1 is 1.75 bits per heavy atom. The third-order valence-electron chi connectivity index (χ3n) is 1.27. The molecule has 0 saturated carbocycles. The van der Waals surface area contributed by atoms with Gasteiger partial charge in [-0.25, -0.2) is 4.79 Å². The minimum atomic E-state index is -0.359. The summed E-state index contributed by atoms with van der Waals surface area (Å²) in [6.45, 7) is 0. The van der Waals surface area contributed by atoms with Gasteiger partial charge in [-0.1, -0.05) is 12.2 Å². The molecule has 1 rings (SSSR count). The van der Waals surface area contributed by atoms with Crippen LogP contribution in [-0.2, 0) is 4.74 Å². The Bertz CT molecular complexity index is 319. The molecule has 5 heteroatoms. The van der Waals surface area contributed by atoms with Crippen LogP contribution < -0.4 is 5.73 Å². The van der Waals surface area contributed by atoms with Gasteiger partial charge in [0, 0.05) is 10.9 Å². The van der Waals surface area contributed by atoms with Crippen molar-refractivity contribution in [2.75, 3.05) is 7.11 Å². The molecule has 0 bridgehead atoms. The van der Waals surface area contributed by atoms with Crippen LogP contribution in [0.25, 0.3) is 0 Å². The fourth-order valence-electron chi connectivity index (χ4n) is 0.673. The van der Waals surface area contributed by atoms with Crippen LogP contribution in [0.2, 0.25) is 0 Å². The number of thiocarbonyl (C=S) groups is 1. The summed E-state index contributed by atoms with van der Waals surface area (Å²) in [6, 6.07) is 1.62. The number of ether oxygens (including phenoxy) is 1. The SMILES string of the molecule is COC(=O)c1cc(C(N)=S)cs1. The van der Waals surface area contributed by atoms with E-state index in [4.69, 9.17) is 18.0 Å². The highest BCUT2D eigenvalue weighted by Gasteiger charge is 2.09. The monoisotopic (exact) mass is 201 g/mol. The Kier molecular flexibility index (Phi) is 2.78. The Morgan fingerprint density at radius 3 is 2.83 bits per heavy atom. The summed E-state index contributed by atoms with van der Waals surface area (Å²) in [7, 11) is 1.34. The minimum Gasteiger partial charge on any atom is -0.465 e. The fourth-order valence-corrected chi connectivity index (χ4v) is 1.69. The molecule has 1 heterocycles. The molecule has 12 heavy (non-hydrogen) atoms. The molecule has 2 N–H and O–H groups in total. The van der Waals surface area contributed by atoms with E-state index in [1.54, 1.807) is 11.4 Å². The second-order valence-corrected chi connectivity index (χ2v) is 3.41. The molecule has 0 saturated heterocycles. The molecular weight excluding hydrogens is 194 g/mol. The Morgan fingerprint density at radius 2 is 2.42 bits per heavy atom. The molecule has 0 aliphatic heterocycles. The van der Waals surface area contributed by atoms with Gasteiger partial charge >= 0.3 is 5.97 Å². The highest BCUT2D eigenvalue weighted by Crippen LogP contribution is 2.15. The van der Waals surface area contributed by atoms with E-state index in [-0.39, 0.29) is 5.97 Å². The first-order chi connectivity index (χ1) is 5.65. The van der Waals surface area contributed by atoms with Gasteiger partial charge in [0.1, 0.15) is 9.87 Å². The normalized spacial score (nSPS) is 9.42. The molecule has 3 nitrogen and oxygen atoms in total. The molecule has 64 valence electrons. The molecule has 0 atom stereocenters. The first-order valence-corrected chi connectivity index (χ1v) is 4.40. The fraction of sp³-hybridized carbons (Fsp3) is 0.143. The van der Waals surface area contributed by atoms with Crippen LogP contribution >= 0.6 is 23.6 Å². The number of carbonyl (C=O) groups is 1. The second kappa shape index (κ2) is 3.64. The predicted molar refractivity (Wildman–Crippen MR) is 51.5 cm³/mol. The largest absolute Gasteiger partial charge is 0.465 e. The molecule has 0 amide bonds. The average Bonchev–Trinajstić information content (AvgIpc) is 2.51. The second-order valence-electron chi connectivity index (χ2n) is 2.06. The van der Waals surface area contributed by atoms with Gasteiger partial charge in [0.05, 0.1) is 7.11 Å². The maximum atomic E-state index is 11.0. The molecule has 0 aliphatic carbocycles. The predicted octanol–water partition coefficient (Wildman–Crippen LogP) is 1.17. The zero-order valence-corrected chi connectivity index (χ0v) is 8.00. The van der Waals surface area contributed by atoms with Crippen LogP contribution in [0.5, 0.6) is 0 Å². The molecule has 1 aromatic rings. The summed E-state index contributed by atoms with van der Waals surface area (Å²) < 4.78 is 4.52. The number of thiophene rings is 1. The first kappa shape index (κ1) is 9.15. The lowest BCUT2D eigenvalue weighted by molar-refractivity contribution is 0.0606. The van der Waals surface area contributed by atoms with Gasteiger partial charge in [0.2, 0.25) is 0 Å². The van der Waals surface area contributed by atoms with Crippen LogP contribution in [-0.4, -0.2) is 18.1 Å². The molecule has 0 aromatic carbocycles. The van der Waals surface area contributed by atoms with Crippen LogP contribution in [0.1, 0.15) is 15.2 Å². The van der Waals surface area contributed by atoms with Gasteiger partial charge < -0.3 is 10.5 Å². The third kappa shape index (κ3) is 1.80. The maximum absolute atomic E-state index is 11.0. The van der Waals surface area contributed by atoms with Gasteiger partial charge in [-0.3, -0.25) is 0 Å². The summed E-state index contributed by atoms with van der Waals surface area (Å²) in [5.74, 6) is -0.359. The lowest BCUT2D eigenvalue weighted by Gasteiger charge is -1.91. The lowest BCUT2D eigenvalue weighted by Crippen LogP contribution is -2.07. The van der Waals surface area contributed by atoms with E-state index >= 15 is 0 Å². The van der Waals surface area contributed by atoms with Crippen LogP contribution in [0, 0.1) is 0 Å². The standard InChI is InChI=1S/C7H7NO2S2/c1-10-7(9)5-2-4(3-12-5)6(8)11/h2-3H,1H3,(H2,8,11). The summed E-state index contributed by atoms with van der Waals surface area (Å²) in [6.07, 6.45) is 0. The van der Waals surface area contributed by atoms with Crippen molar-refractivity contribution in [2.24, 2.45) is 5.73 Å². The van der Waals surface area contributed by atoms with E-state index in [0.29, 0.717) is 15.4 Å². The van der Waals surface area contributed by atoms with Gasteiger partial charge in [0.25, 0.3) is 0 Å². The van der Waals surface area contributed by atoms with Gasteiger partial charge in [-0.2, -0.15) is 0 Å². The van der Waals surface area contributed by atoms with Crippen molar-refractivity contribution in [3.63, 3.8) is 0 Å². The number of hydrogen-bond acceptors (Lipinski definition) is 4. The molecule has 0 unspecified atom stereocenters. The molecule has 0 fully saturated rings. The average molecular weight is 201 g/mol. The van der Waals surface area contributed by atoms with Gasteiger partial charge in [-0.05, 0) is 6.07 Å². The van der Waals surface area contributed by atoms with Crippen molar-refractivity contribution in [2.45, 2.75) is 0 Å². The van der Waals surface area contributed by atoms with Crippen molar-refractivity contribution in [1.29, 1.82) is 0 Å². The smallest absolute Gasteiger partial charge is 0.348 e. The minimum absolute atomic E-state index is 0.293. The van der Waals surface area contributed by atoms with Crippen LogP contribution in [0.3, 0.4) is 0 Å². The number of hydrogen-bond donors (Lipinski definition) is 1. The number of nitrogens with two attached hydrogens (primary N) is 1. The van der Waals surface area contributed by atoms with E-state index in [0.717, 1.165) is 0 Å². The number of carbonyl (C=O) groups excluding carboxylic acids is 1. The molecule has 1 aromatic heterocycles. The van der Waals surface area contributed by atoms with Crippen molar-refractivity contribution in [1.82, 2.24) is 0 Å². The maximum Gasteiger partial charge on any atom is 0.348 e. The summed E-state index contributed by atoms with van der Waals surface area (Å²) in [5, 5.41) is 1.73. The van der Waals surface area contributed by atoms with Gasteiger partial charge in [0.15, 0.2) is 0 Å². The highest BCUT2D eigenvalue weighted by molar-refractivity contribution is 7.80. The van der Waals surface area contributed by atoms with E-state index < -0.39 is 0 Å². The summed E-state index contributed by atoms with van der Waals surface area (Å²) >= 11 is 6.00. The number of rotatable bonds is 2. The van der Waals surface area contributed by atoms with Crippen LogP contribution in [0.4, 0.5) is 0 Å². The van der Waals surface area contributed by atoms with Gasteiger partial charge in [-0.15, -0.1) is 11.3 Å². The van der Waals surface area contributed by atoms with Crippen molar-refractivity contribution < 1.29 is 9.53 Å². The molecule has 0 radical (unpaired) electrons. The Labute approximate surface area is 79.1 Å². The van der Waals surface area contributed by atoms with E-state index in [9.17, 15) is 4.79 Å². The Hall–Kier alpha value is -0.940. The quantitative estimate of drug-likeness (QED) is 0.576. The first-order valence-electron chi connectivity index (χ1n) is 3.12.